The number of rotatable bonds is 3. The maximum atomic E-state index is 12.9. The predicted molar refractivity (Wildman–Crippen MR) is 43.5 cm³/mol. The van der Waals surface area contributed by atoms with E-state index in [0.29, 0.717) is 0 Å². The van der Waals surface area contributed by atoms with Crippen LogP contribution in [-0.4, -0.2) is 21.4 Å². The summed E-state index contributed by atoms with van der Waals surface area (Å²) < 4.78 is 51.9. The van der Waals surface area contributed by atoms with Gasteiger partial charge in [0.1, 0.15) is 5.56 Å². The van der Waals surface area contributed by atoms with Crippen LogP contribution in [0.1, 0.15) is 5.56 Å². The average molecular weight is 256 g/mol. The van der Waals surface area contributed by atoms with Gasteiger partial charge in [0.15, 0.2) is 0 Å². The molecule has 6 nitrogen and oxygen atoms in total. The van der Waals surface area contributed by atoms with Gasteiger partial charge in [-0.2, -0.15) is 4.39 Å². The van der Waals surface area contributed by atoms with Crippen molar-refractivity contribution in [3.05, 3.63) is 27.7 Å². The molecular weight excluding hydrogens is 252 g/mol. The number of aliphatic hydroxyl groups is 1. The molecule has 94 valence electrons. The molecule has 1 heterocycles. The Hall–Kier alpha value is -1.97. The van der Waals surface area contributed by atoms with Gasteiger partial charge in [-0.15, -0.1) is 13.2 Å². The number of nitrogens with zero attached hydrogens (tertiary/aromatic N) is 2. The van der Waals surface area contributed by atoms with Crippen LogP contribution in [0.25, 0.3) is 0 Å². The summed E-state index contributed by atoms with van der Waals surface area (Å²) in [6.07, 6.45) is -4.94. The fourth-order valence-corrected chi connectivity index (χ4v) is 1.04. The molecule has 0 spiro atoms. The number of nitro groups is 1. The molecule has 1 aromatic heterocycles. The zero-order valence-corrected chi connectivity index (χ0v) is 7.86. The molecule has 0 aliphatic carbocycles. The summed E-state index contributed by atoms with van der Waals surface area (Å²) in [6, 6.07) is 0. The van der Waals surface area contributed by atoms with E-state index in [0.717, 1.165) is 0 Å². The van der Waals surface area contributed by atoms with E-state index in [1.54, 1.807) is 0 Å². The van der Waals surface area contributed by atoms with Crippen LogP contribution in [0.2, 0.25) is 0 Å². The summed E-state index contributed by atoms with van der Waals surface area (Å²) in [5.41, 5.74) is -2.28. The second-order valence-corrected chi connectivity index (χ2v) is 2.70. The highest BCUT2D eigenvalue weighted by Gasteiger charge is 2.35. The van der Waals surface area contributed by atoms with Crippen LogP contribution in [0.15, 0.2) is 6.20 Å². The zero-order chi connectivity index (χ0) is 13.2. The van der Waals surface area contributed by atoms with Gasteiger partial charge in [0, 0.05) is 0 Å². The van der Waals surface area contributed by atoms with Gasteiger partial charge in [-0.3, -0.25) is 10.1 Å². The van der Waals surface area contributed by atoms with Gasteiger partial charge in [0.05, 0.1) is 17.7 Å². The number of aromatic nitrogens is 1. The van der Waals surface area contributed by atoms with Gasteiger partial charge in [0.2, 0.25) is 11.7 Å². The Morgan fingerprint density at radius 1 is 1.53 bits per heavy atom. The van der Waals surface area contributed by atoms with E-state index in [1.165, 1.54) is 0 Å². The van der Waals surface area contributed by atoms with E-state index in [9.17, 15) is 27.7 Å². The van der Waals surface area contributed by atoms with Crippen LogP contribution in [-0.2, 0) is 6.61 Å². The second-order valence-electron chi connectivity index (χ2n) is 2.70. The monoisotopic (exact) mass is 256 g/mol. The molecule has 0 saturated heterocycles. The van der Waals surface area contributed by atoms with Crippen molar-refractivity contribution in [2.45, 2.75) is 13.0 Å². The minimum Gasteiger partial charge on any atom is -0.391 e. The molecule has 0 amide bonds. The van der Waals surface area contributed by atoms with Crippen molar-refractivity contribution < 1.29 is 32.3 Å². The SMILES string of the molecule is O=[N+]([O-])c1c(F)cnc(OC(F)(F)F)c1CO. The van der Waals surface area contributed by atoms with Crippen molar-refractivity contribution in [2.75, 3.05) is 0 Å². The number of hydrogen-bond donors (Lipinski definition) is 1. The minimum absolute atomic E-state index is 0.207. The summed E-state index contributed by atoms with van der Waals surface area (Å²) in [5.74, 6) is -2.72. The lowest BCUT2D eigenvalue weighted by molar-refractivity contribution is -0.388. The topological polar surface area (TPSA) is 85.5 Å². The number of ether oxygens (including phenoxy) is 1. The number of alkyl halides is 3. The molecule has 0 atom stereocenters. The Morgan fingerprint density at radius 2 is 2.12 bits per heavy atom. The van der Waals surface area contributed by atoms with E-state index >= 15 is 0 Å². The number of halogens is 4. The van der Waals surface area contributed by atoms with Crippen molar-refractivity contribution in [3.8, 4) is 5.88 Å². The van der Waals surface area contributed by atoms with Crippen LogP contribution in [0, 0.1) is 15.9 Å². The standard InChI is InChI=1S/C7H4F4N2O4/c8-4-1-12-6(17-7(9,10)11)3(2-14)5(4)13(15)16/h1,14H,2H2. The van der Waals surface area contributed by atoms with E-state index in [4.69, 9.17) is 5.11 Å². The van der Waals surface area contributed by atoms with Crippen molar-refractivity contribution in [1.29, 1.82) is 0 Å². The largest absolute Gasteiger partial charge is 0.574 e. The maximum Gasteiger partial charge on any atom is 0.574 e. The van der Waals surface area contributed by atoms with Crippen LogP contribution < -0.4 is 4.74 Å². The van der Waals surface area contributed by atoms with Gasteiger partial charge in [-0.05, 0) is 0 Å². The minimum atomic E-state index is -5.15. The summed E-state index contributed by atoms with van der Waals surface area (Å²) in [6.45, 7) is -1.22. The van der Waals surface area contributed by atoms with Crippen LogP contribution >= 0.6 is 0 Å². The Balaban J connectivity index is 3.33. The highest BCUT2D eigenvalue weighted by molar-refractivity contribution is 5.46. The fraction of sp³-hybridized carbons (Fsp3) is 0.286. The molecule has 10 heteroatoms. The van der Waals surface area contributed by atoms with Crippen molar-refractivity contribution >= 4 is 5.69 Å². The summed E-state index contributed by atoms with van der Waals surface area (Å²) in [7, 11) is 0. The first-order valence-electron chi connectivity index (χ1n) is 3.94. The van der Waals surface area contributed by atoms with Crippen molar-refractivity contribution in [2.24, 2.45) is 0 Å². The Bertz CT molecular complexity index is 448. The van der Waals surface area contributed by atoms with Gasteiger partial charge >= 0.3 is 12.0 Å². The molecule has 1 N–H and O–H groups in total. The molecule has 0 unspecified atom stereocenters. The van der Waals surface area contributed by atoms with Crippen molar-refractivity contribution in [3.63, 3.8) is 0 Å². The number of hydrogen-bond acceptors (Lipinski definition) is 5. The van der Waals surface area contributed by atoms with Crippen molar-refractivity contribution in [1.82, 2.24) is 4.98 Å². The van der Waals surface area contributed by atoms with Gasteiger partial charge in [0.25, 0.3) is 0 Å². The highest BCUT2D eigenvalue weighted by Crippen LogP contribution is 2.32. The summed E-state index contributed by atoms with van der Waals surface area (Å²) in [5, 5.41) is 19.1. The highest BCUT2D eigenvalue weighted by atomic mass is 19.4. The molecule has 0 bridgehead atoms. The molecule has 1 rings (SSSR count). The molecule has 0 aliphatic heterocycles. The first-order valence-corrected chi connectivity index (χ1v) is 3.94. The van der Waals surface area contributed by atoms with Crippen LogP contribution in [0.4, 0.5) is 23.2 Å². The van der Waals surface area contributed by atoms with E-state index in [2.05, 4.69) is 9.72 Å². The molecular formula is C7H4F4N2O4. The summed E-state index contributed by atoms with van der Waals surface area (Å²) in [4.78, 5) is 12.0. The fourth-order valence-electron chi connectivity index (χ4n) is 1.04. The Kier molecular flexibility index (Phi) is 3.46. The Labute approximate surface area is 90.6 Å². The van der Waals surface area contributed by atoms with E-state index in [-0.39, 0.29) is 6.20 Å². The number of aliphatic hydroxyl groups excluding tert-OH is 1. The third-order valence-electron chi connectivity index (χ3n) is 1.62. The molecule has 0 fully saturated rings. The predicted octanol–water partition coefficient (Wildman–Crippen LogP) is 1.52. The smallest absolute Gasteiger partial charge is 0.391 e. The molecule has 1 aromatic rings. The average Bonchev–Trinajstić information content (AvgIpc) is 2.17. The lowest BCUT2D eigenvalue weighted by Gasteiger charge is -2.10. The van der Waals surface area contributed by atoms with Crippen LogP contribution in [0.5, 0.6) is 5.88 Å². The van der Waals surface area contributed by atoms with E-state index in [1.807, 2.05) is 0 Å². The molecule has 0 saturated carbocycles. The van der Waals surface area contributed by atoms with E-state index < -0.39 is 40.8 Å². The maximum absolute atomic E-state index is 12.9. The van der Waals surface area contributed by atoms with Gasteiger partial charge < -0.3 is 9.84 Å². The van der Waals surface area contributed by atoms with Gasteiger partial charge in [-0.25, -0.2) is 4.98 Å². The molecule has 17 heavy (non-hydrogen) atoms. The lowest BCUT2D eigenvalue weighted by Crippen LogP contribution is -2.19. The first kappa shape index (κ1) is 13.1. The number of pyridine rings is 1. The third-order valence-corrected chi connectivity index (χ3v) is 1.62. The first-order chi connectivity index (χ1) is 7.76. The molecule has 0 aromatic carbocycles. The molecule has 0 aliphatic rings. The third kappa shape index (κ3) is 3.00. The second kappa shape index (κ2) is 4.49. The van der Waals surface area contributed by atoms with Gasteiger partial charge in [-0.1, -0.05) is 0 Å². The summed E-state index contributed by atoms with van der Waals surface area (Å²) >= 11 is 0. The van der Waals surface area contributed by atoms with Crippen LogP contribution in [0.3, 0.4) is 0 Å². The lowest BCUT2D eigenvalue weighted by atomic mass is 10.2. The zero-order valence-electron chi connectivity index (χ0n) is 7.86. The normalized spacial score (nSPS) is 11.4. The Morgan fingerprint density at radius 3 is 2.53 bits per heavy atom. The molecule has 0 radical (unpaired) electrons. The quantitative estimate of drug-likeness (QED) is 0.503.